The van der Waals surface area contributed by atoms with Crippen molar-refractivity contribution in [2.75, 3.05) is 0 Å². The third-order valence-electron chi connectivity index (χ3n) is 1.50. The van der Waals surface area contributed by atoms with Gasteiger partial charge in [-0.1, -0.05) is 17.8 Å². The van der Waals surface area contributed by atoms with Crippen molar-refractivity contribution < 1.29 is 4.79 Å². The quantitative estimate of drug-likeness (QED) is 0.545. The molecule has 0 N–H and O–H groups in total. The average Bonchev–Trinajstić information content (AvgIpc) is 2.53. The predicted molar refractivity (Wildman–Crippen MR) is 52.2 cm³/mol. The van der Waals surface area contributed by atoms with Crippen molar-refractivity contribution in [3.8, 4) is 0 Å². The van der Waals surface area contributed by atoms with E-state index >= 15 is 0 Å². The molecule has 2 aromatic rings. The highest BCUT2D eigenvalue weighted by molar-refractivity contribution is 8.12. The van der Waals surface area contributed by atoms with Gasteiger partial charge in [0.25, 0.3) is 0 Å². The van der Waals surface area contributed by atoms with E-state index in [2.05, 4.69) is 4.98 Å². The molecule has 2 nitrogen and oxygen atoms in total. The number of hydrogen-bond donors (Lipinski definition) is 0. The van der Waals surface area contributed by atoms with Crippen LogP contribution in [0.25, 0.3) is 10.2 Å². The van der Waals surface area contributed by atoms with Gasteiger partial charge in [0, 0.05) is 4.90 Å². The van der Waals surface area contributed by atoms with E-state index in [4.69, 9.17) is 0 Å². The lowest BCUT2D eigenvalue weighted by Gasteiger charge is -1.93. The number of rotatable bonds is 2. The minimum absolute atomic E-state index is 0.842. The smallest absolute Gasteiger partial charge is 0.181 e. The maximum Gasteiger partial charge on any atom is 0.181 e. The summed E-state index contributed by atoms with van der Waals surface area (Å²) in [5.74, 6) is 0. The highest BCUT2D eigenvalue weighted by Gasteiger charge is 2.01. The zero-order chi connectivity index (χ0) is 8.39. The zero-order valence-electron chi connectivity index (χ0n) is 6.06. The Morgan fingerprint density at radius 3 is 3.25 bits per heavy atom. The molecule has 0 unspecified atom stereocenters. The first-order valence-electron chi connectivity index (χ1n) is 3.34. The van der Waals surface area contributed by atoms with Gasteiger partial charge in [0.05, 0.1) is 15.7 Å². The molecule has 0 saturated carbocycles. The van der Waals surface area contributed by atoms with Crippen LogP contribution >= 0.6 is 23.1 Å². The van der Waals surface area contributed by atoms with Crippen molar-refractivity contribution in [2.45, 2.75) is 4.90 Å². The summed E-state index contributed by atoms with van der Waals surface area (Å²) in [7, 11) is 0. The zero-order valence-corrected chi connectivity index (χ0v) is 7.69. The molecule has 0 aliphatic carbocycles. The molecule has 0 spiro atoms. The van der Waals surface area contributed by atoms with Gasteiger partial charge in [0.2, 0.25) is 0 Å². The molecule has 0 radical (unpaired) electrons. The number of aromatic nitrogens is 1. The molecule has 0 aliphatic heterocycles. The standard InChI is InChI=1S/C8H5NOS2/c10-5-12-7-3-1-2-6-8(7)11-4-9-6/h1-5H. The summed E-state index contributed by atoms with van der Waals surface area (Å²) in [6.45, 7) is 0. The molecule has 1 aromatic carbocycles. The number of carbonyl (C=O) groups is 1. The minimum Gasteiger partial charge on any atom is -0.291 e. The van der Waals surface area contributed by atoms with Crippen LogP contribution in [0.15, 0.2) is 28.6 Å². The molecule has 12 heavy (non-hydrogen) atoms. The van der Waals surface area contributed by atoms with Crippen LogP contribution in [0.5, 0.6) is 0 Å². The number of thioether (sulfide) groups is 1. The highest BCUT2D eigenvalue weighted by Crippen LogP contribution is 2.28. The third kappa shape index (κ3) is 1.23. The van der Waals surface area contributed by atoms with E-state index in [1.54, 1.807) is 16.8 Å². The summed E-state index contributed by atoms with van der Waals surface area (Å²) in [4.78, 5) is 15.4. The lowest BCUT2D eigenvalue weighted by molar-refractivity contribution is 0.570. The van der Waals surface area contributed by atoms with E-state index in [1.165, 1.54) is 11.8 Å². The van der Waals surface area contributed by atoms with Crippen molar-refractivity contribution in [3.05, 3.63) is 23.7 Å². The Hall–Kier alpha value is -0.870. The van der Waals surface area contributed by atoms with Gasteiger partial charge < -0.3 is 0 Å². The molecular weight excluding hydrogens is 190 g/mol. The maximum absolute atomic E-state index is 10.3. The fourth-order valence-corrected chi connectivity index (χ4v) is 2.46. The summed E-state index contributed by atoms with van der Waals surface area (Å²) < 4.78 is 1.09. The monoisotopic (exact) mass is 195 g/mol. The Morgan fingerprint density at radius 2 is 2.42 bits per heavy atom. The molecule has 0 bridgehead atoms. The van der Waals surface area contributed by atoms with E-state index in [1.807, 2.05) is 18.2 Å². The molecule has 1 heterocycles. The second kappa shape index (κ2) is 3.25. The van der Waals surface area contributed by atoms with Crippen LogP contribution in [0.4, 0.5) is 0 Å². The van der Waals surface area contributed by atoms with Crippen molar-refractivity contribution in [1.29, 1.82) is 0 Å². The minimum atomic E-state index is 0.842. The number of thiazole rings is 1. The van der Waals surface area contributed by atoms with Crippen LogP contribution in [-0.4, -0.2) is 10.6 Å². The topological polar surface area (TPSA) is 30.0 Å². The number of nitrogens with zero attached hydrogens (tertiary/aromatic N) is 1. The van der Waals surface area contributed by atoms with E-state index in [9.17, 15) is 4.79 Å². The van der Waals surface area contributed by atoms with Crippen LogP contribution in [0.3, 0.4) is 0 Å². The summed E-state index contributed by atoms with van der Waals surface area (Å²) >= 11 is 2.76. The van der Waals surface area contributed by atoms with Crippen molar-refractivity contribution >= 4 is 38.9 Å². The number of fused-ring (bicyclic) bond motifs is 1. The van der Waals surface area contributed by atoms with Crippen LogP contribution < -0.4 is 0 Å². The fraction of sp³-hybridized carbons (Fsp3) is 0. The number of carbonyl (C=O) groups excluding carboxylic acids is 1. The molecular formula is C8H5NOS2. The Kier molecular flexibility index (Phi) is 2.10. The molecule has 4 heteroatoms. The van der Waals surface area contributed by atoms with Gasteiger partial charge in [-0.2, -0.15) is 0 Å². The second-order valence-corrected chi connectivity index (χ2v) is 3.89. The lowest BCUT2D eigenvalue weighted by Crippen LogP contribution is -1.71. The Labute approximate surface area is 77.6 Å². The van der Waals surface area contributed by atoms with Crippen LogP contribution in [0.2, 0.25) is 0 Å². The first-order valence-corrected chi connectivity index (χ1v) is 5.10. The van der Waals surface area contributed by atoms with Gasteiger partial charge >= 0.3 is 0 Å². The summed E-state index contributed by atoms with van der Waals surface area (Å²) in [6, 6.07) is 5.79. The molecule has 2 rings (SSSR count). The summed E-state index contributed by atoms with van der Waals surface area (Å²) in [5, 5.41) is 0. The molecule has 0 atom stereocenters. The largest absolute Gasteiger partial charge is 0.291 e. The number of hydrogen-bond acceptors (Lipinski definition) is 4. The van der Waals surface area contributed by atoms with E-state index in [0.717, 1.165) is 20.7 Å². The van der Waals surface area contributed by atoms with Crippen LogP contribution in [0, 0.1) is 0 Å². The number of benzene rings is 1. The van der Waals surface area contributed by atoms with E-state index in [0.29, 0.717) is 0 Å². The van der Waals surface area contributed by atoms with Crippen molar-refractivity contribution in [1.82, 2.24) is 4.98 Å². The SMILES string of the molecule is O=CSc1cccc2ncsc12. The van der Waals surface area contributed by atoms with Crippen LogP contribution in [0.1, 0.15) is 0 Å². The molecule has 0 saturated heterocycles. The molecule has 0 fully saturated rings. The first kappa shape index (κ1) is 7.76. The molecule has 0 amide bonds. The maximum atomic E-state index is 10.3. The van der Waals surface area contributed by atoms with E-state index in [-0.39, 0.29) is 0 Å². The molecule has 0 aliphatic rings. The van der Waals surface area contributed by atoms with Crippen molar-refractivity contribution in [2.24, 2.45) is 0 Å². The van der Waals surface area contributed by atoms with Gasteiger partial charge in [0.15, 0.2) is 5.62 Å². The van der Waals surface area contributed by atoms with Gasteiger partial charge in [-0.25, -0.2) is 4.98 Å². The average molecular weight is 195 g/mol. The Balaban J connectivity index is 2.65. The lowest BCUT2D eigenvalue weighted by atomic mass is 10.3. The van der Waals surface area contributed by atoms with Gasteiger partial charge in [0.1, 0.15) is 0 Å². The van der Waals surface area contributed by atoms with Crippen molar-refractivity contribution in [3.63, 3.8) is 0 Å². The third-order valence-corrected chi connectivity index (χ3v) is 3.19. The Bertz CT molecular complexity index is 410. The second-order valence-electron chi connectivity index (χ2n) is 2.17. The first-order chi connectivity index (χ1) is 5.92. The Morgan fingerprint density at radius 1 is 1.50 bits per heavy atom. The normalized spacial score (nSPS) is 10.3. The van der Waals surface area contributed by atoms with Crippen LogP contribution in [-0.2, 0) is 4.79 Å². The predicted octanol–water partition coefficient (Wildman–Crippen LogP) is 2.58. The molecule has 60 valence electrons. The van der Waals surface area contributed by atoms with E-state index < -0.39 is 0 Å². The fourth-order valence-electron chi connectivity index (χ4n) is 1.00. The summed E-state index contributed by atoms with van der Waals surface area (Å²) in [5.41, 5.74) is 3.60. The highest BCUT2D eigenvalue weighted by atomic mass is 32.2. The van der Waals surface area contributed by atoms with Gasteiger partial charge in [-0.3, -0.25) is 4.79 Å². The molecule has 1 aromatic heterocycles. The van der Waals surface area contributed by atoms with Gasteiger partial charge in [-0.15, -0.1) is 11.3 Å². The van der Waals surface area contributed by atoms with Gasteiger partial charge in [-0.05, 0) is 12.1 Å². The summed E-state index contributed by atoms with van der Waals surface area (Å²) in [6.07, 6.45) is 0.